The standard InChI is InChI=1S/C20H31N3O4/c1-6-13(2)23-17-8-7-15(9-14(17)10-18(23)25)21-11-16(24)12-22-19(26)27-20(3,4)5/h7-9,13,16,21,24H,6,10-12H2,1-5H3,(H,22,26). The summed E-state index contributed by atoms with van der Waals surface area (Å²) in [6.45, 7) is 9.83. The van der Waals surface area contributed by atoms with Gasteiger partial charge in [0.25, 0.3) is 0 Å². The first-order chi connectivity index (χ1) is 12.6. The number of amides is 2. The molecule has 1 aliphatic heterocycles. The number of ether oxygens (including phenoxy) is 1. The van der Waals surface area contributed by atoms with Crippen LogP contribution >= 0.6 is 0 Å². The molecule has 0 radical (unpaired) electrons. The molecule has 1 heterocycles. The van der Waals surface area contributed by atoms with Gasteiger partial charge in [0.1, 0.15) is 5.60 Å². The molecule has 2 rings (SSSR count). The van der Waals surface area contributed by atoms with Crippen LogP contribution in [0.2, 0.25) is 0 Å². The summed E-state index contributed by atoms with van der Waals surface area (Å²) in [4.78, 5) is 25.7. The van der Waals surface area contributed by atoms with Crippen LogP contribution in [0.3, 0.4) is 0 Å². The van der Waals surface area contributed by atoms with E-state index in [1.807, 2.05) is 30.0 Å². The van der Waals surface area contributed by atoms with E-state index in [0.717, 1.165) is 23.4 Å². The molecule has 0 fully saturated rings. The van der Waals surface area contributed by atoms with E-state index in [-0.39, 0.29) is 25.0 Å². The Hall–Kier alpha value is -2.28. The van der Waals surface area contributed by atoms with Crippen molar-refractivity contribution in [1.82, 2.24) is 5.32 Å². The highest BCUT2D eigenvalue weighted by atomic mass is 16.6. The number of nitrogens with one attached hydrogen (secondary N) is 2. The van der Waals surface area contributed by atoms with Crippen LogP contribution in [-0.2, 0) is 16.0 Å². The lowest BCUT2D eigenvalue weighted by molar-refractivity contribution is -0.117. The summed E-state index contributed by atoms with van der Waals surface area (Å²) in [5.41, 5.74) is 2.22. The van der Waals surface area contributed by atoms with E-state index in [9.17, 15) is 14.7 Å². The Morgan fingerprint density at radius 2 is 2.04 bits per heavy atom. The van der Waals surface area contributed by atoms with Crippen LogP contribution in [0, 0.1) is 0 Å². The number of alkyl carbamates (subject to hydrolysis) is 1. The zero-order chi connectivity index (χ0) is 20.2. The first-order valence-corrected chi connectivity index (χ1v) is 9.44. The molecule has 7 nitrogen and oxygen atoms in total. The third-order valence-corrected chi connectivity index (χ3v) is 4.40. The Kier molecular flexibility index (Phi) is 6.70. The predicted molar refractivity (Wildman–Crippen MR) is 106 cm³/mol. The number of carbonyl (C=O) groups excluding carboxylic acids is 2. The lowest BCUT2D eigenvalue weighted by Crippen LogP contribution is -2.39. The second-order valence-corrected chi connectivity index (χ2v) is 7.96. The van der Waals surface area contributed by atoms with Gasteiger partial charge in [-0.15, -0.1) is 0 Å². The van der Waals surface area contributed by atoms with Crippen LogP contribution < -0.4 is 15.5 Å². The summed E-state index contributed by atoms with van der Waals surface area (Å²) in [6.07, 6.45) is -0.00767. The van der Waals surface area contributed by atoms with Gasteiger partial charge in [-0.2, -0.15) is 0 Å². The summed E-state index contributed by atoms with van der Waals surface area (Å²) in [6, 6.07) is 5.98. The minimum atomic E-state index is -0.760. The van der Waals surface area contributed by atoms with Gasteiger partial charge in [-0.1, -0.05) is 6.92 Å². The fourth-order valence-electron chi connectivity index (χ4n) is 2.94. The third-order valence-electron chi connectivity index (χ3n) is 4.40. The van der Waals surface area contributed by atoms with Gasteiger partial charge in [-0.05, 0) is 57.9 Å². The summed E-state index contributed by atoms with van der Waals surface area (Å²) in [5, 5.41) is 15.7. The molecule has 0 saturated carbocycles. The van der Waals surface area contributed by atoms with E-state index in [0.29, 0.717) is 6.42 Å². The predicted octanol–water partition coefficient (Wildman–Crippen LogP) is 2.67. The lowest BCUT2D eigenvalue weighted by atomic mass is 10.1. The first-order valence-electron chi connectivity index (χ1n) is 9.44. The molecular formula is C20H31N3O4. The number of aliphatic hydroxyl groups excluding tert-OH is 1. The monoisotopic (exact) mass is 377 g/mol. The molecule has 27 heavy (non-hydrogen) atoms. The quantitative estimate of drug-likeness (QED) is 0.680. The number of fused-ring (bicyclic) bond motifs is 1. The zero-order valence-corrected chi connectivity index (χ0v) is 16.8. The van der Waals surface area contributed by atoms with Gasteiger partial charge < -0.3 is 25.4 Å². The summed E-state index contributed by atoms with van der Waals surface area (Å²) < 4.78 is 5.13. The fourth-order valence-corrected chi connectivity index (χ4v) is 2.94. The van der Waals surface area contributed by atoms with Crippen LogP contribution in [-0.4, -0.2) is 47.9 Å². The minimum absolute atomic E-state index is 0.0904. The lowest BCUT2D eigenvalue weighted by Gasteiger charge is -2.24. The van der Waals surface area contributed by atoms with Crippen LogP contribution in [0.15, 0.2) is 18.2 Å². The van der Waals surface area contributed by atoms with Crippen molar-refractivity contribution in [3.8, 4) is 0 Å². The van der Waals surface area contributed by atoms with Gasteiger partial charge in [0, 0.05) is 30.5 Å². The molecule has 0 aliphatic carbocycles. The molecule has 1 aromatic rings. The number of hydrogen-bond acceptors (Lipinski definition) is 5. The van der Waals surface area contributed by atoms with Crippen molar-refractivity contribution in [3.05, 3.63) is 23.8 Å². The molecule has 0 saturated heterocycles. The zero-order valence-electron chi connectivity index (χ0n) is 16.8. The number of anilines is 2. The molecule has 2 unspecified atom stereocenters. The smallest absolute Gasteiger partial charge is 0.407 e. The van der Waals surface area contributed by atoms with Crippen LogP contribution in [0.1, 0.15) is 46.6 Å². The maximum atomic E-state index is 12.3. The average molecular weight is 377 g/mol. The molecule has 2 amide bonds. The molecule has 7 heteroatoms. The number of aliphatic hydroxyl groups is 1. The molecule has 1 aliphatic rings. The molecule has 150 valence electrons. The van der Waals surface area contributed by atoms with Crippen molar-refractivity contribution in [1.29, 1.82) is 0 Å². The van der Waals surface area contributed by atoms with Crippen molar-refractivity contribution >= 4 is 23.4 Å². The van der Waals surface area contributed by atoms with Crippen molar-refractivity contribution in [2.24, 2.45) is 0 Å². The second kappa shape index (κ2) is 8.61. The van der Waals surface area contributed by atoms with Crippen molar-refractivity contribution in [2.45, 2.75) is 65.2 Å². The Morgan fingerprint density at radius 3 is 2.67 bits per heavy atom. The topological polar surface area (TPSA) is 90.9 Å². The van der Waals surface area contributed by atoms with Gasteiger partial charge in [0.2, 0.25) is 5.91 Å². The Balaban J connectivity index is 1.86. The summed E-state index contributed by atoms with van der Waals surface area (Å²) in [5.74, 6) is 0.123. The first kappa shape index (κ1) is 21.0. The van der Waals surface area contributed by atoms with Crippen molar-refractivity contribution in [3.63, 3.8) is 0 Å². The number of hydrogen-bond donors (Lipinski definition) is 3. The van der Waals surface area contributed by atoms with Crippen LogP contribution in [0.25, 0.3) is 0 Å². The highest BCUT2D eigenvalue weighted by Gasteiger charge is 2.30. The van der Waals surface area contributed by atoms with Gasteiger partial charge in [-0.3, -0.25) is 4.79 Å². The van der Waals surface area contributed by atoms with E-state index < -0.39 is 17.8 Å². The Bertz CT molecular complexity index is 684. The Morgan fingerprint density at radius 1 is 1.33 bits per heavy atom. The third kappa shape index (κ3) is 5.85. The SMILES string of the molecule is CCC(C)N1C(=O)Cc2cc(NCC(O)CNC(=O)OC(C)(C)C)ccc21. The molecule has 3 N–H and O–H groups in total. The highest BCUT2D eigenvalue weighted by Crippen LogP contribution is 2.33. The number of nitrogens with zero attached hydrogens (tertiary/aromatic N) is 1. The molecular weight excluding hydrogens is 346 g/mol. The van der Waals surface area contributed by atoms with E-state index in [1.54, 1.807) is 20.8 Å². The van der Waals surface area contributed by atoms with E-state index in [2.05, 4.69) is 17.6 Å². The van der Waals surface area contributed by atoms with E-state index in [1.165, 1.54) is 0 Å². The largest absolute Gasteiger partial charge is 0.444 e. The second-order valence-electron chi connectivity index (χ2n) is 7.96. The highest BCUT2D eigenvalue weighted by molar-refractivity contribution is 6.02. The van der Waals surface area contributed by atoms with Gasteiger partial charge in [0.15, 0.2) is 0 Å². The Labute approximate surface area is 161 Å². The van der Waals surface area contributed by atoms with Crippen LogP contribution in [0.4, 0.5) is 16.2 Å². The molecule has 0 bridgehead atoms. The molecule has 2 atom stereocenters. The average Bonchev–Trinajstić information content (AvgIpc) is 2.90. The van der Waals surface area contributed by atoms with E-state index in [4.69, 9.17) is 4.74 Å². The van der Waals surface area contributed by atoms with Gasteiger partial charge in [0.05, 0.1) is 12.5 Å². The maximum Gasteiger partial charge on any atom is 0.407 e. The normalized spacial score (nSPS) is 15.9. The molecule has 0 aromatic heterocycles. The fraction of sp³-hybridized carbons (Fsp3) is 0.600. The van der Waals surface area contributed by atoms with E-state index >= 15 is 0 Å². The summed E-state index contributed by atoms with van der Waals surface area (Å²) >= 11 is 0. The van der Waals surface area contributed by atoms with Crippen molar-refractivity contribution in [2.75, 3.05) is 23.3 Å². The van der Waals surface area contributed by atoms with Gasteiger partial charge >= 0.3 is 6.09 Å². The summed E-state index contributed by atoms with van der Waals surface area (Å²) in [7, 11) is 0. The number of rotatable bonds is 7. The number of carbonyl (C=O) groups is 2. The molecule has 1 aromatic carbocycles. The molecule has 0 spiro atoms. The van der Waals surface area contributed by atoms with Gasteiger partial charge in [-0.25, -0.2) is 4.79 Å². The number of benzene rings is 1. The van der Waals surface area contributed by atoms with Crippen molar-refractivity contribution < 1.29 is 19.4 Å². The maximum absolute atomic E-state index is 12.3. The minimum Gasteiger partial charge on any atom is -0.444 e. The van der Waals surface area contributed by atoms with Crippen LogP contribution in [0.5, 0.6) is 0 Å².